The molecule has 7 nitrogen and oxygen atoms in total. The third-order valence-corrected chi connectivity index (χ3v) is 6.02. The molecule has 2 saturated heterocycles. The average Bonchev–Trinajstić information content (AvgIpc) is 3.43. The van der Waals surface area contributed by atoms with E-state index in [4.69, 9.17) is 4.74 Å². The largest absolute Gasteiger partial charge is 0.379 e. The van der Waals surface area contributed by atoms with Crippen LogP contribution in [0, 0.1) is 0 Å². The molecule has 2 amide bonds. The van der Waals surface area contributed by atoms with Gasteiger partial charge in [0, 0.05) is 51.5 Å². The molecule has 0 saturated carbocycles. The van der Waals surface area contributed by atoms with Crippen LogP contribution in [0.5, 0.6) is 0 Å². The summed E-state index contributed by atoms with van der Waals surface area (Å²) in [5, 5.41) is 6.02. The van der Waals surface area contributed by atoms with Crippen LogP contribution in [0.25, 0.3) is 0 Å². The highest BCUT2D eigenvalue weighted by atomic mass is 16.5. The minimum absolute atomic E-state index is 0.0618. The van der Waals surface area contributed by atoms with Crippen molar-refractivity contribution in [1.29, 1.82) is 0 Å². The fourth-order valence-electron chi connectivity index (χ4n) is 4.39. The summed E-state index contributed by atoms with van der Waals surface area (Å²) in [6.07, 6.45) is 3.35. The van der Waals surface area contributed by atoms with Crippen molar-refractivity contribution in [2.24, 2.45) is 5.10 Å². The molecule has 3 aliphatic heterocycles. The van der Waals surface area contributed by atoms with Gasteiger partial charge in [-0.2, -0.15) is 5.10 Å². The summed E-state index contributed by atoms with van der Waals surface area (Å²) < 4.78 is 5.41. The number of hydrazone groups is 1. The maximum atomic E-state index is 12.8. The Morgan fingerprint density at radius 2 is 1.76 bits per heavy atom. The van der Waals surface area contributed by atoms with Gasteiger partial charge in [-0.15, -0.1) is 0 Å². The van der Waals surface area contributed by atoms with E-state index in [0.29, 0.717) is 6.54 Å². The summed E-state index contributed by atoms with van der Waals surface area (Å²) in [5.74, 6) is 0.0359. The van der Waals surface area contributed by atoms with Crippen LogP contribution in [-0.2, 0) is 14.3 Å². The topological polar surface area (TPSA) is 65.5 Å². The third-order valence-electron chi connectivity index (χ3n) is 6.02. The summed E-state index contributed by atoms with van der Waals surface area (Å²) in [6.45, 7) is 5.75. The zero-order valence-electron chi connectivity index (χ0n) is 17.0. The summed E-state index contributed by atoms with van der Waals surface area (Å²) in [7, 11) is 0. The van der Waals surface area contributed by atoms with Crippen molar-refractivity contribution in [2.75, 3.05) is 45.9 Å². The number of hydrogen-bond donors (Lipinski definition) is 0. The normalized spacial score (nSPS) is 22.8. The first-order valence-corrected chi connectivity index (χ1v) is 10.7. The van der Waals surface area contributed by atoms with Crippen LogP contribution in [0.3, 0.4) is 0 Å². The molecule has 0 spiro atoms. The molecule has 3 aliphatic rings. The molecule has 1 aromatic carbocycles. The van der Waals surface area contributed by atoms with E-state index in [-0.39, 0.29) is 30.7 Å². The Balaban J connectivity index is 1.26. The monoisotopic (exact) mass is 398 g/mol. The molecule has 2 fully saturated rings. The Hall–Kier alpha value is -2.25. The second-order valence-electron chi connectivity index (χ2n) is 7.98. The van der Waals surface area contributed by atoms with Crippen LogP contribution in [0.2, 0.25) is 0 Å². The lowest BCUT2D eigenvalue weighted by Gasteiger charge is -2.33. The molecule has 4 rings (SSSR count). The second-order valence-corrected chi connectivity index (χ2v) is 7.98. The highest BCUT2D eigenvalue weighted by molar-refractivity contribution is 6.02. The Morgan fingerprint density at radius 3 is 2.55 bits per heavy atom. The number of morpholine rings is 1. The van der Waals surface area contributed by atoms with Crippen molar-refractivity contribution in [1.82, 2.24) is 14.8 Å². The van der Waals surface area contributed by atoms with Gasteiger partial charge in [-0.1, -0.05) is 30.3 Å². The highest BCUT2D eigenvalue weighted by Gasteiger charge is 2.31. The van der Waals surface area contributed by atoms with Crippen LogP contribution in [-0.4, -0.2) is 84.3 Å². The molecule has 0 radical (unpaired) electrons. The van der Waals surface area contributed by atoms with Crippen LogP contribution >= 0.6 is 0 Å². The first kappa shape index (κ1) is 20.0. The molecule has 7 heteroatoms. The summed E-state index contributed by atoms with van der Waals surface area (Å²) in [4.78, 5) is 29.7. The molecule has 1 aromatic rings. The average molecular weight is 399 g/mol. The van der Waals surface area contributed by atoms with Crippen LogP contribution in [0.15, 0.2) is 35.4 Å². The molecule has 156 valence electrons. The van der Waals surface area contributed by atoms with E-state index in [0.717, 1.165) is 69.9 Å². The minimum Gasteiger partial charge on any atom is -0.379 e. The quantitative estimate of drug-likeness (QED) is 0.732. The minimum atomic E-state index is -0.0618. The van der Waals surface area contributed by atoms with E-state index in [1.54, 1.807) is 0 Å². The van der Waals surface area contributed by atoms with Crippen LogP contribution in [0.1, 0.15) is 37.7 Å². The van der Waals surface area contributed by atoms with Crippen molar-refractivity contribution in [3.8, 4) is 0 Å². The van der Waals surface area contributed by atoms with Gasteiger partial charge in [-0.25, -0.2) is 5.01 Å². The number of hydrogen-bond acceptors (Lipinski definition) is 5. The van der Waals surface area contributed by atoms with Gasteiger partial charge in [0.2, 0.25) is 11.8 Å². The van der Waals surface area contributed by atoms with Crippen LogP contribution < -0.4 is 0 Å². The molecule has 29 heavy (non-hydrogen) atoms. The molecule has 1 unspecified atom stereocenters. The SMILES string of the molecule is O=C(CCC(=O)N1CCCC1CN1CCOCC1)N1CCC(c2ccccc2)=N1. The summed E-state index contributed by atoms with van der Waals surface area (Å²) in [5.41, 5.74) is 2.00. The van der Waals surface area contributed by atoms with Crippen molar-refractivity contribution in [3.05, 3.63) is 35.9 Å². The van der Waals surface area contributed by atoms with E-state index in [9.17, 15) is 9.59 Å². The second kappa shape index (κ2) is 9.50. The van der Waals surface area contributed by atoms with Gasteiger partial charge in [0.15, 0.2) is 0 Å². The molecular formula is C22H30N4O3. The number of carbonyl (C=O) groups excluding carboxylic acids is 2. The number of carbonyl (C=O) groups is 2. The lowest BCUT2D eigenvalue weighted by molar-refractivity contribution is -0.137. The highest BCUT2D eigenvalue weighted by Crippen LogP contribution is 2.21. The maximum Gasteiger partial charge on any atom is 0.243 e. The van der Waals surface area contributed by atoms with Crippen molar-refractivity contribution >= 4 is 17.5 Å². The predicted molar refractivity (Wildman–Crippen MR) is 111 cm³/mol. The van der Waals surface area contributed by atoms with Crippen molar-refractivity contribution < 1.29 is 14.3 Å². The zero-order valence-corrected chi connectivity index (χ0v) is 17.0. The predicted octanol–water partition coefficient (Wildman–Crippen LogP) is 1.73. The first-order chi connectivity index (χ1) is 14.2. The fourth-order valence-corrected chi connectivity index (χ4v) is 4.39. The standard InChI is InChI=1S/C22H30N4O3/c27-21(25-11-4-7-19(25)17-24-13-15-29-16-14-24)8-9-22(28)26-12-10-20(23-26)18-5-2-1-3-6-18/h1-3,5-6,19H,4,7-17H2. The summed E-state index contributed by atoms with van der Waals surface area (Å²) in [6, 6.07) is 10.2. The molecule has 0 N–H and O–H groups in total. The number of benzene rings is 1. The number of amides is 2. The third kappa shape index (κ3) is 5.03. The molecule has 3 heterocycles. The van der Waals surface area contributed by atoms with Gasteiger partial charge >= 0.3 is 0 Å². The molecule has 0 aromatic heterocycles. The smallest absolute Gasteiger partial charge is 0.243 e. The molecular weight excluding hydrogens is 368 g/mol. The van der Waals surface area contributed by atoms with E-state index in [1.165, 1.54) is 5.01 Å². The van der Waals surface area contributed by atoms with E-state index in [2.05, 4.69) is 10.0 Å². The number of ether oxygens (including phenoxy) is 1. The molecule has 0 aliphatic carbocycles. The van der Waals surface area contributed by atoms with Gasteiger partial charge < -0.3 is 9.64 Å². The first-order valence-electron chi connectivity index (χ1n) is 10.7. The van der Waals surface area contributed by atoms with E-state index < -0.39 is 0 Å². The Labute approximate surface area is 172 Å². The van der Waals surface area contributed by atoms with Gasteiger partial charge in [0.1, 0.15) is 0 Å². The van der Waals surface area contributed by atoms with E-state index >= 15 is 0 Å². The van der Waals surface area contributed by atoms with Crippen molar-refractivity contribution in [2.45, 2.75) is 38.1 Å². The maximum absolute atomic E-state index is 12.8. The number of rotatable bonds is 6. The number of nitrogens with zero attached hydrogens (tertiary/aromatic N) is 4. The summed E-state index contributed by atoms with van der Waals surface area (Å²) >= 11 is 0. The van der Waals surface area contributed by atoms with Gasteiger partial charge in [-0.3, -0.25) is 14.5 Å². The lowest BCUT2D eigenvalue weighted by Crippen LogP contribution is -2.46. The Bertz CT molecular complexity index is 746. The Kier molecular flexibility index (Phi) is 6.56. The Morgan fingerprint density at radius 1 is 1.00 bits per heavy atom. The van der Waals surface area contributed by atoms with Gasteiger partial charge in [-0.05, 0) is 18.4 Å². The fraction of sp³-hybridized carbons (Fsp3) is 0.591. The number of likely N-dealkylation sites (tertiary alicyclic amines) is 1. The van der Waals surface area contributed by atoms with Crippen molar-refractivity contribution in [3.63, 3.8) is 0 Å². The van der Waals surface area contributed by atoms with Crippen LogP contribution in [0.4, 0.5) is 0 Å². The van der Waals surface area contributed by atoms with Gasteiger partial charge in [0.05, 0.1) is 25.5 Å². The lowest BCUT2D eigenvalue weighted by atomic mass is 10.1. The zero-order chi connectivity index (χ0) is 20.1. The van der Waals surface area contributed by atoms with E-state index in [1.807, 2.05) is 35.2 Å². The molecule has 0 bridgehead atoms. The van der Waals surface area contributed by atoms with Gasteiger partial charge in [0.25, 0.3) is 0 Å². The molecule has 1 atom stereocenters.